The average Bonchev–Trinajstić information content (AvgIpc) is 3.65. The Morgan fingerprint density at radius 3 is 1.83 bits per heavy atom. The van der Waals surface area contributed by atoms with Gasteiger partial charge in [-0.25, -0.2) is 0 Å². The van der Waals surface area contributed by atoms with Crippen molar-refractivity contribution in [3.63, 3.8) is 0 Å². The van der Waals surface area contributed by atoms with E-state index in [1.54, 1.807) is 30.7 Å². The van der Waals surface area contributed by atoms with Crippen molar-refractivity contribution in [2.75, 3.05) is 27.9 Å². The first-order chi connectivity index (χ1) is 20.0. The minimum atomic E-state index is -0.674. The van der Waals surface area contributed by atoms with Gasteiger partial charge >= 0.3 is 7.12 Å². The van der Waals surface area contributed by atoms with E-state index in [4.69, 9.17) is 28.3 Å². The third-order valence-corrected chi connectivity index (χ3v) is 8.77. The SMILES string of the molecule is COc1c(B2OC(C)(C)C(C)(CCOc3c(I)ccc(-c4ccn(C)n4)c3OC)O2)ccc(-c2ccn(C)n2)c1OC. The van der Waals surface area contributed by atoms with Gasteiger partial charge in [-0.3, -0.25) is 9.36 Å². The summed E-state index contributed by atoms with van der Waals surface area (Å²) in [6.45, 7) is 6.50. The van der Waals surface area contributed by atoms with Crippen LogP contribution in [0.5, 0.6) is 23.0 Å². The van der Waals surface area contributed by atoms with Gasteiger partial charge in [0, 0.05) is 49.5 Å². The second kappa shape index (κ2) is 11.8. The third-order valence-electron chi connectivity index (χ3n) is 7.92. The maximum atomic E-state index is 6.66. The molecule has 0 amide bonds. The smallest absolute Gasteiger partial charge is 0.493 e. The standard InChI is InChI=1S/C30H36BIN4O6/c1-29(2)30(3,15-18-40-28-22(32)12-10-20(26(28)38-7)24-14-17-36(5)34-24)42-31(41-29)21-11-9-19(23-13-16-35(4)33-23)25(37-6)27(21)39-8/h9-14,16-17H,15,18H2,1-8H3. The van der Waals surface area contributed by atoms with E-state index in [-0.39, 0.29) is 0 Å². The Morgan fingerprint density at radius 1 is 0.762 bits per heavy atom. The van der Waals surface area contributed by atoms with Gasteiger partial charge in [-0.2, -0.15) is 10.2 Å². The zero-order chi connectivity index (χ0) is 30.2. The molecule has 2 aromatic heterocycles. The number of aromatic nitrogens is 4. The molecule has 0 saturated carbocycles. The Balaban J connectivity index is 1.38. The molecule has 1 aliphatic rings. The van der Waals surface area contributed by atoms with Gasteiger partial charge in [0.2, 0.25) is 0 Å². The van der Waals surface area contributed by atoms with Gasteiger partial charge in [-0.15, -0.1) is 0 Å². The molecule has 0 bridgehead atoms. The number of methoxy groups -OCH3 is 3. The van der Waals surface area contributed by atoms with Crippen LogP contribution in [-0.4, -0.2) is 65.8 Å². The molecule has 222 valence electrons. The van der Waals surface area contributed by atoms with E-state index in [2.05, 4.69) is 39.7 Å². The zero-order valence-corrected chi connectivity index (χ0v) is 27.4. The summed E-state index contributed by atoms with van der Waals surface area (Å²) in [6, 6.07) is 11.8. The third kappa shape index (κ3) is 5.47. The molecule has 0 aliphatic carbocycles. The van der Waals surface area contributed by atoms with Crippen molar-refractivity contribution in [2.24, 2.45) is 14.1 Å². The van der Waals surface area contributed by atoms with Gasteiger partial charge in [-0.1, -0.05) is 6.07 Å². The first-order valence-electron chi connectivity index (χ1n) is 13.6. The molecule has 0 spiro atoms. The summed E-state index contributed by atoms with van der Waals surface area (Å²) in [5.74, 6) is 2.45. The van der Waals surface area contributed by atoms with Crippen molar-refractivity contribution in [3.05, 3.63) is 52.4 Å². The number of benzene rings is 2. The molecule has 10 nitrogen and oxygen atoms in total. The molecule has 1 aliphatic heterocycles. The van der Waals surface area contributed by atoms with Crippen molar-refractivity contribution in [2.45, 2.75) is 38.4 Å². The van der Waals surface area contributed by atoms with Gasteiger partial charge in [0.15, 0.2) is 23.0 Å². The van der Waals surface area contributed by atoms with E-state index in [0.29, 0.717) is 36.0 Å². The molecule has 2 aromatic carbocycles. The second-order valence-electron chi connectivity index (χ2n) is 10.9. The highest BCUT2D eigenvalue weighted by Crippen LogP contribution is 2.44. The topological polar surface area (TPSA) is 91.0 Å². The summed E-state index contributed by atoms with van der Waals surface area (Å²) >= 11 is 2.26. The van der Waals surface area contributed by atoms with Gasteiger partial charge in [0.05, 0.1) is 54.1 Å². The van der Waals surface area contributed by atoms with E-state index in [1.165, 1.54) is 0 Å². The number of nitrogens with zero attached hydrogens (tertiary/aromatic N) is 4. The van der Waals surface area contributed by atoms with Crippen LogP contribution in [0.1, 0.15) is 27.2 Å². The average molecular weight is 686 g/mol. The van der Waals surface area contributed by atoms with Crippen LogP contribution in [0.4, 0.5) is 0 Å². The van der Waals surface area contributed by atoms with Crippen molar-refractivity contribution in [3.8, 4) is 45.5 Å². The Bertz CT molecular complexity index is 1590. The lowest BCUT2D eigenvalue weighted by Gasteiger charge is -2.36. The normalized spacial score (nSPS) is 17.9. The maximum absolute atomic E-state index is 6.66. The number of aryl methyl sites for hydroxylation is 2. The minimum absolute atomic E-state index is 0.382. The highest BCUT2D eigenvalue weighted by atomic mass is 127. The largest absolute Gasteiger partial charge is 0.498 e. The summed E-state index contributed by atoms with van der Waals surface area (Å²) in [4.78, 5) is 0. The zero-order valence-electron chi connectivity index (χ0n) is 25.2. The lowest BCUT2D eigenvalue weighted by Crippen LogP contribution is -2.45. The van der Waals surface area contributed by atoms with Crippen LogP contribution in [0.15, 0.2) is 48.8 Å². The Morgan fingerprint density at radius 2 is 1.31 bits per heavy atom. The van der Waals surface area contributed by atoms with E-state index >= 15 is 0 Å². The van der Waals surface area contributed by atoms with E-state index in [0.717, 1.165) is 31.5 Å². The van der Waals surface area contributed by atoms with E-state index in [9.17, 15) is 0 Å². The maximum Gasteiger partial charge on any atom is 0.498 e. The van der Waals surface area contributed by atoms with Crippen LogP contribution in [-0.2, 0) is 23.4 Å². The summed E-state index contributed by atoms with van der Waals surface area (Å²) in [5.41, 5.74) is 2.73. The molecule has 1 atom stereocenters. The molecule has 1 unspecified atom stereocenters. The highest BCUT2D eigenvalue weighted by molar-refractivity contribution is 14.1. The van der Waals surface area contributed by atoms with Crippen LogP contribution in [0.25, 0.3) is 22.5 Å². The van der Waals surface area contributed by atoms with Gasteiger partial charge in [0.25, 0.3) is 0 Å². The van der Waals surface area contributed by atoms with Gasteiger partial charge in [0.1, 0.15) is 0 Å². The lowest BCUT2D eigenvalue weighted by molar-refractivity contribution is -0.0236. The highest BCUT2D eigenvalue weighted by Gasteiger charge is 2.55. The van der Waals surface area contributed by atoms with Crippen LogP contribution >= 0.6 is 22.6 Å². The lowest BCUT2D eigenvalue weighted by atomic mass is 9.77. The molecular weight excluding hydrogens is 650 g/mol. The molecule has 3 heterocycles. The molecule has 0 N–H and O–H groups in total. The van der Waals surface area contributed by atoms with Crippen molar-refractivity contribution >= 4 is 35.2 Å². The van der Waals surface area contributed by atoms with Crippen molar-refractivity contribution < 1.29 is 28.3 Å². The Kier molecular flexibility index (Phi) is 8.50. The van der Waals surface area contributed by atoms with Crippen LogP contribution in [0.2, 0.25) is 0 Å². The van der Waals surface area contributed by atoms with Gasteiger partial charge < -0.3 is 28.3 Å². The molecule has 5 rings (SSSR count). The van der Waals surface area contributed by atoms with Crippen molar-refractivity contribution in [1.29, 1.82) is 0 Å². The second-order valence-corrected chi connectivity index (χ2v) is 12.0. The first-order valence-corrected chi connectivity index (χ1v) is 14.7. The van der Waals surface area contributed by atoms with E-state index < -0.39 is 18.3 Å². The van der Waals surface area contributed by atoms with Crippen LogP contribution < -0.4 is 24.4 Å². The molecular formula is C30H36BIN4O6. The number of hydrogen-bond acceptors (Lipinski definition) is 8. The van der Waals surface area contributed by atoms with Crippen LogP contribution in [0.3, 0.4) is 0 Å². The molecule has 0 radical (unpaired) electrons. The summed E-state index contributed by atoms with van der Waals surface area (Å²) in [5, 5.41) is 9.07. The summed E-state index contributed by atoms with van der Waals surface area (Å²) in [7, 11) is 7.98. The predicted molar refractivity (Wildman–Crippen MR) is 170 cm³/mol. The van der Waals surface area contributed by atoms with Gasteiger partial charge in [-0.05, 0) is 73.7 Å². The number of ether oxygens (including phenoxy) is 4. The predicted octanol–water partition coefficient (Wildman–Crippen LogP) is 4.87. The molecule has 12 heteroatoms. The monoisotopic (exact) mass is 686 g/mol. The Labute approximate surface area is 260 Å². The fourth-order valence-corrected chi connectivity index (χ4v) is 5.78. The van der Waals surface area contributed by atoms with Crippen molar-refractivity contribution in [1.82, 2.24) is 19.6 Å². The summed E-state index contributed by atoms with van der Waals surface area (Å²) in [6.07, 6.45) is 4.36. The van der Waals surface area contributed by atoms with E-state index in [1.807, 2.05) is 76.7 Å². The summed E-state index contributed by atoms with van der Waals surface area (Å²) < 4.78 is 41.5. The molecule has 1 saturated heterocycles. The number of hydrogen-bond donors (Lipinski definition) is 0. The first kappa shape index (κ1) is 30.2. The fraction of sp³-hybridized carbons (Fsp3) is 0.400. The fourth-order valence-electron chi connectivity index (χ4n) is 5.20. The number of rotatable bonds is 10. The molecule has 42 heavy (non-hydrogen) atoms. The quantitative estimate of drug-likeness (QED) is 0.173. The van der Waals surface area contributed by atoms with Crippen LogP contribution in [0, 0.1) is 3.57 Å². The molecule has 4 aromatic rings. The minimum Gasteiger partial charge on any atom is -0.493 e. The molecule has 1 fully saturated rings. The Hall–Kier alpha value is -3.23. The number of halogens is 1.